The first-order valence-electron chi connectivity index (χ1n) is 8.55. The summed E-state index contributed by atoms with van der Waals surface area (Å²) in [5.41, 5.74) is 4.17. The first-order valence-corrected chi connectivity index (χ1v) is 9.78. The van der Waals surface area contributed by atoms with E-state index in [2.05, 4.69) is 4.98 Å². The van der Waals surface area contributed by atoms with Crippen LogP contribution < -0.4 is 10.3 Å². The number of nitrogens with zero attached hydrogens (tertiary/aromatic N) is 2. The van der Waals surface area contributed by atoms with Crippen molar-refractivity contribution in [1.82, 2.24) is 14.5 Å². The van der Waals surface area contributed by atoms with Gasteiger partial charge in [0.05, 0.1) is 13.7 Å². The highest BCUT2D eigenvalue weighted by Crippen LogP contribution is 2.27. The summed E-state index contributed by atoms with van der Waals surface area (Å²) in [7, 11) is 1.64. The Kier molecular flexibility index (Phi) is 4.73. The number of ether oxygens (including phenoxy) is 1. The van der Waals surface area contributed by atoms with E-state index >= 15 is 0 Å². The molecule has 0 spiro atoms. The maximum absolute atomic E-state index is 13.1. The van der Waals surface area contributed by atoms with Crippen LogP contribution in [0.4, 0.5) is 0 Å². The number of nitrogens with one attached hydrogen (secondary N) is 1. The number of fused-ring (bicyclic) bond motifs is 1. The van der Waals surface area contributed by atoms with Crippen molar-refractivity contribution in [2.45, 2.75) is 11.7 Å². The fourth-order valence-corrected chi connectivity index (χ4v) is 3.67. The predicted molar refractivity (Wildman–Crippen MR) is 110 cm³/mol. The zero-order chi connectivity index (χ0) is 18.8. The molecule has 0 unspecified atom stereocenters. The quantitative estimate of drug-likeness (QED) is 0.419. The largest absolute Gasteiger partial charge is 0.497 e. The maximum atomic E-state index is 13.1. The van der Waals surface area contributed by atoms with Crippen molar-refractivity contribution < 1.29 is 4.74 Å². The molecule has 1 N–H and O–H groups in total. The van der Waals surface area contributed by atoms with E-state index < -0.39 is 0 Å². The maximum Gasteiger partial charge on any atom is 0.278 e. The molecule has 0 amide bonds. The van der Waals surface area contributed by atoms with E-state index in [1.54, 1.807) is 11.7 Å². The minimum atomic E-state index is -0.0673. The van der Waals surface area contributed by atoms with Crippen molar-refractivity contribution in [3.05, 3.63) is 76.7 Å². The molecule has 0 aliphatic rings. The molecule has 0 bridgehead atoms. The van der Waals surface area contributed by atoms with Crippen molar-refractivity contribution in [2.75, 3.05) is 13.4 Å². The Morgan fingerprint density at radius 3 is 2.52 bits per heavy atom. The summed E-state index contributed by atoms with van der Waals surface area (Å²) in [4.78, 5) is 21.1. The number of hydrogen-bond donors (Lipinski definition) is 1. The molecule has 136 valence electrons. The summed E-state index contributed by atoms with van der Waals surface area (Å²) < 4.78 is 6.91. The summed E-state index contributed by atoms with van der Waals surface area (Å²) in [6, 6.07) is 17.7. The molecule has 4 rings (SSSR count). The number of rotatable bonds is 5. The van der Waals surface area contributed by atoms with Gasteiger partial charge in [-0.1, -0.05) is 54.2 Å². The lowest BCUT2D eigenvalue weighted by atomic mass is 10.1. The summed E-state index contributed by atoms with van der Waals surface area (Å²) in [6.07, 6.45) is 3.79. The van der Waals surface area contributed by atoms with Crippen molar-refractivity contribution >= 4 is 22.8 Å². The van der Waals surface area contributed by atoms with E-state index in [0.717, 1.165) is 22.4 Å². The molecule has 0 aliphatic heterocycles. The van der Waals surface area contributed by atoms with Crippen molar-refractivity contribution in [3.8, 4) is 16.9 Å². The first kappa shape index (κ1) is 17.4. The zero-order valence-corrected chi connectivity index (χ0v) is 15.9. The average Bonchev–Trinajstić information content (AvgIpc) is 3.15. The Hall–Kier alpha value is -2.99. The molecule has 0 saturated heterocycles. The van der Waals surface area contributed by atoms with Crippen LogP contribution in [0, 0.1) is 0 Å². The molecule has 2 aromatic carbocycles. The Morgan fingerprint density at radius 2 is 1.85 bits per heavy atom. The van der Waals surface area contributed by atoms with Crippen molar-refractivity contribution in [2.24, 2.45) is 0 Å². The minimum absolute atomic E-state index is 0.0673. The first-order chi connectivity index (χ1) is 13.2. The molecular formula is C21H19N3O2S. The number of thioether (sulfide) groups is 1. The van der Waals surface area contributed by atoms with Gasteiger partial charge in [-0.25, -0.2) is 4.98 Å². The second kappa shape index (κ2) is 7.32. The van der Waals surface area contributed by atoms with Crippen molar-refractivity contribution in [1.29, 1.82) is 0 Å². The van der Waals surface area contributed by atoms with Crippen LogP contribution in [0.15, 0.2) is 70.7 Å². The highest BCUT2D eigenvalue weighted by molar-refractivity contribution is 7.98. The van der Waals surface area contributed by atoms with Crippen LogP contribution in [0.5, 0.6) is 5.75 Å². The van der Waals surface area contributed by atoms with Gasteiger partial charge in [0.15, 0.2) is 5.16 Å². The topological polar surface area (TPSA) is 59.9 Å². The Labute approximate surface area is 161 Å². The molecule has 4 aromatic rings. The molecule has 5 nitrogen and oxygen atoms in total. The van der Waals surface area contributed by atoms with E-state index in [1.165, 1.54) is 11.8 Å². The van der Waals surface area contributed by atoms with E-state index in [4.69, 9.17) is 9.72 Å². The number of methoxy groups -OCH3 is 1. The molecule has 2 aromatic heterocycles. The monoisotopic (exact) mass is 377 g/mol. The van der Waals surface area contributed by atoms with Gasteiger partial charge >= 0.3 is 0 Å². The van der Waals surface area contributed by atoms with Crippen LogP contribution >= 0.6 is 11.8 Å². The van der Waals surface area contributed by atoms with Gasteiger partial charge in [0.1, 0.15) is 16.8 Å². The molecule has 0 saturated carbocycles. The number of hydrogen-bond acceptors (Lipinski definition) is 4. The third-order valence-electron chi connectivity index (χ3n) is 4.52. The molecule has 0 aliphatic carbocycles. The predicted octanol–water partition coefficient (Wildman–Crippen LogP) is 4.17. The van der Waals surface area contributed by atoms with E-state index in [-0.39, 0.29) is 5.56 Å². The lowest BCUT2D eigenvalue weighted by Gasteiger charge is -2.11. The van der Waals surface area contributed by atoms with Gasteiger partial charge in [0.25, 0.3) is 5.56 Å². The van der Waals surface area contributed by atoms with E-state index in [0.29, 0.717) is 22.7 Å². The summed E-state index contributed by atoms with van der Waals surface area (Å²) >= 11 is 1.47. The number of H-pyrrole nitrogens is 1. The lowest BCUT2D eigenvalue weighted by Crippen LogP contribution is -2.24. The smallest absolute Gasteiger partial charge is 0.278 e. The Bertz CT molecular complexity index is 1130. The summed E-state index contributed by atoms with van der Waals surface area (Å²) in [6.45, 7) is 0.460. The van der Waals surface area contributed by atoms with Gasteiger partial charge in [-0.05, 0) is 29.5 Å². The van der Waals surface area contributed by atoms with Crippen LogP contribution in [-0.2, 0) is 6.54 Å². The summed E-state index contributed by atoms with van der Waals surface area (Å²) in [5, 5.41) is 0.695. The van der Waals surface area contributed by atoms with Crippen molar-refractivity contribution in [3.63, 3.8) is 0 Å². The molecular weight excluding hydrogens is 358 g/mol. The highest BCUT2D eigenvalue weighted by atomic mass is 32.2. The van der Waals surface area contributed by atoms with Gasteiger partial charge in [-0.3, -0.25) is 9.36 Å². The molecule has 0 atom stereocenters. The Morgan fingerprint density at radius 1 is 1.11 bits per heavy atom. The second-order valence-corrected chi connectivity index (χ2v) is 6.90. The van der Waals surface area contributed by atoms with Crippen LogP contribution in [0.25, 0.3) is 22.2 Å². The number of benzene rings is 2. The van der Waals surface area contributed by atoms with Crippen LogP contribution in [-0.4, -0.2) is 27.9 Å². The third kappa shape index (κ3) is 3.24. The van der Waals surface area contributed by atoms with Gasteiger partial charge in [0, 0.05) is 11.8 Å². The third-order valence-corrected chi connectivity index (χ3v) is 5.19. The van der Waals surface area contributed by atoms with Crippen LogP contribution in [0.1, 0.15) is 5.56 Å². The average molecular weight is 377 g/mol. The van der Waals surface area contributed by atoms with E-state index in [9.17, 15) is 4.79 Å². The van der Waals surface area contributed by atoms with Gasteiger partial charge < -0.3 is 9.72 Å². The van der Waals surface area contributed by atoms with Gasteiger partial charge in [-0.15, -0.1) is 0 Å². The highest BCUT2D eigenvalue weighted by Gasteiger charge is 2.16. The molecule has 0 fully saturated rings. The van der Waals surface area contributed by atoms with Gasteiger partial charge in [0.2, 0.25) is 0 Å². The fraction of sp³-hybridized carbons (Fsp3) is 0.143. The normalized spacial score (nSPS) is 11.0. The molecule has 0 radical (unpaired) electrons. The zero-order valence-electron chi connectivity index (χ0n) is 15.1. The molecule has 27 heavy (non-hydrogen) atoms. The number of aromatic amines is 1. The second-order valence-electron chi connectivity index (χ2n) is 6.13. The fourth-order valence-electron chi connectivity index (χ4n) is 3.12. The summed E-state index contributed by atoms with van der Waals surface area (Å²) in [5.74, 6) is 0.793. The van der Waals surface area contributed by atoms with Gasteiger partial charge in [-0.2, -0.15) is 0 Å². The molecule has 6 heteroatoms. The van der Waals surface area contributed by atoms with Crippen LogP contribution in [0.3, 0.4) is 0 Å². The standard InChI is InChI=1S/C21H19N3O2S/c1-26-16-10-8-14(9-11-16)13-24-20(25)19-18(23-21(24)27-2)17(12-22-19)15-6-4-3-5-7-15/h3-12,22H,13H2,1-2H3. The SMILES string of the molecule is COc1ccc(Cn2c(SC)nc3c(-c4ccccc4)c[nH]c3c2=O)cc1. The minimum Gasteiger partial charge on any atom is -0.497 e. The van der Waals surface area contributed by atoms with Crippen LogP contribution in [0.2, 0.25) is 0 Å². The lowest BCUT2D eigenvalue weighted by molar-refractivity contribution is 0.414. The Balaban J connectivity index is 1.82. The van der Waals surface area contributed by atoms with E-state index in [1.807, 2.05) is 67.0 Å². The molecule has 2 heterocycles. The number of aromatic nitrogens is 3.